The van der Waals surface area contributed by atoms with E-state index in [2.05, 4.69) is 0 Å². The Morgan fingerprint density at radius 2 is 1.61 bits per heavy atom. The minimum absolute atomic E-state index is 0.258. The quantitative estimate of drug-likeness (QED) is 0.314. The molecule has 0 aromatic rings. The van der Waals surface area contributed by atoms with Crippen molar-refractivity contribution < 1.29 is 37.8 Å². The maximum Gasteiger partial charge on any atom is 0.418 e. The molecule has 1 aliphatic rings. The fourth-order valence-electron chi connectivity index (χ4n) is 3.71. The highest BCUT2D eigenvalue weighted by Crippen LogP contribution is 2.46. The van der Waals surface area contributed by atoms with Gasteiger partial charge in [-0.3, -0.25) is 9.59 Å². The van der Waals surface area contributed by atoms with E-state index in [-0.39, 0.29) is 11.5 Å². The molecule has 0 aromatic heterocycles. The molecule has 0 bridgehead atoms. The number of carbonyl (C=O) groups excluding carboxylic acids is 4. The molecule has 0 aliphatic carbocycles. The number of likely N-dealkylation sites (tertiary alicyclic amines) is 1. The normalized spacial score (nSPS) is 22.9. The number of methoxy groups -OCH3 is 1. The van der Waals surface area contributed by atoms with Gasteiger partial charge in [0.2, 0.25) is 11.4 Å². The Hall–Kier alpha value is -1.94. The van der Waals surface area contributed by atoms with E-state index in [0.29, 0.717) is 0 Å². The van der Waals surface area contributed by atoms with E-state index in [9.17, 15) is 19.2 Å². The molecule has 1 aliphatic heterocycles. The predicted octanol–water partition coefficient (Wildman–Crippen LogP) is 4.04. The van der Waals surface area contributed by atoms with E-state index in [4.69, 9.17) is 18.6 Å². The van der Waals surface area contributed by atoms with Crippen molar-refractivity contribution in [1.29, 1.82) is 0 Å². The molecule has 33 heavy (non-hydrogen) atoms. The topological polar surface area (TPSA) is 108 Å². The highest BCUT2D eigenvalue weighted by Gasteiger charge is 2.70. The Morgan fingerprint density at radius 1 is 1.09 bits per heavy atom. The Labute approximate surface area is 198 Å². The first-order valence-electron chi connectivity index (χ1n) is 11.2. The molecular weight excluding hydrogens is 446 g/mol. The lowest BCUT2D eigenvalue weighted by molar-refractivity contribution is -0.184. The third kappa shape index (κ3) is 5.95. The van der Waals surface area contributed by atoms with Gasteiger partial charge in [0, 0.05) is 6.92 Å². The van der Waals surface area contributed by atoms with Crippen molar-refractivity contribution >= 4 is 32.3 Å². The molecular formula is C23H41NO8Si. The van der Waals surface area contributed by atoms with Gasteiger partial charge < -0.3 is 18.6 Å². The van der Waals surface area contributed by atoms with Crippen LogP contribution < -0.4 is 0 Å². The van der Waals surface area contributed by atoms with E-state index in [1.165, 1.54) is 6.92 Å². The van der Waals surface area contributed by atoms with Crippen LogP contribution in [0.1, 0.15) is 68.7 Å². The van der Waals surface area contributed by atoms with E-state index in [1.807, 2.05) is 33.9 Å². The molecule has 1 fully saturated rings. The summed E-state index contributed by atoms with van der Waals surface area (Å²) in [6, 6.07) is 0. The molecule has 10 heteroatoms. The number of ether oxygens (including phenoxy) is 3. The average molecular weight is 488 g/mol. The highest BCUT2D eigenvalue weighted by atomic mass is 28.4. The van der Waals surface area contributed by atoms with Gasteiger partial charge in [-0.05, 0) is 44.8 Å². The van der Waals surface area contributed by atoms with Gasteiger partial charge in [-0.15, -0.1) is 0 Å². The second-order valence-electron chi connectivity index (χ2n) is 11.4. The van der Waals surface area contributed by atoms with Gasteiger partial charge in [0.15, 0.2) is 8.32 Å². The lowest BCUT2D eigenvalue weighted by Crippen LogP contribution is -2.70. The molecule has 0 saturated carbocycles. The first kappa shape index (κ1) is 29.1. The third-order valence-corrected chi connectivity index (χ3v) is 10.6. The zero-order valence-electron chi connectivity index (χ0n) is 22.2. The zero-order chi connectivity index (χ0) is 26.2. The Bertz CT molecular complexity index is 780. The van der Waals surface area contributed by atoms with Gasteiger partial charge in [0.05, 0.1) is 19.6 Å². The molecule has 0 aromatic carbocycles. The number of rotatable bonds is 6. The van der Waals surface area contributed by atoms with Crippen molar-refractivity contribution in [2.75, 3.05) is 7.11 Å². The summed E-state index contributed by atoms with van der Waals surface area (Å²) >= 11 is 0. The van der Waals surface area contributed by atoms with Crippen LogP contribution in [-0.2, 0) is 33.0 Å². The fourth-order valence-corrected chi connectivity index (χ4v) is 5.03. The van der Waals surface area contributed by atoms with Crippen LogP contribution in [-0.4, -0.2) is 67.6 Å². The predicted molar refractivity (Wildman–Crippen MR) is 125 cm³/mol. The van der Waals surface area contributed by atoms with Crippen LogP contribution in [0.25, 0.3) is 0 Å². The van der Waals surface area contributed by atoms with Gasteiger partial charge in [0.25, 0.3) is 0 Å². The summed E-state index contributed by atoms with van der Waals surface area (Å²) < 4.78 is 22.8. The number of carbonyl (C=O) groups is 4. The van der Waals surface area contributed by atoms with Crippen molar-refractivity contribution in [3.8, 4) is 0 Å². The summed E-state index contributed by atoms with van der Waals surface area (Å²) in [4.78, 5) is 53.0. The number of hydrogen-bond donors (Lipinski definition) is 0. The SMILES string of the molecule is COC(=O)[C@@]1([C@@H](OC(C)=O)C(C)C)[C@@H](O[Si](C)(C)C(C)(C)C)CC(=O)N1C(=O)OC(C)(C)C. The molecule has 2 amide bonds. The van der Waals surface area contributed by atoms with E-state index in [1.54, 1.807) is 34.6 Å². The fraction of sp³-hybridized carbons (Fsp3) is 0.826. The first-order valence-corrected chi connectivity index (χ1v) is 14.1. The zero-order valence-corrected chi connectivity index (χ0v) is 23.2. The molecule has 9 nitrogen and oxygen atoms in total. The third-order valence-electron chi connectivity index (χ3n) is 6.13. The van der Waals surface area contributed by atoms with Crippen LogP contribution >= 0.6 is 0 Å². The number of nitrogens with zero attached hydrogens (tertiary/aromatic N) is 1. The van der Waals surface area contributed by atoms with Crippen molar-refractivity contribution in [3.05, 3.63) is 0 Å². The molecule has 1 rings (SSSR count). The number of amides is 2. The number of esters is 2. The standard InChI is InChI=1S/C23H41NO8Si/c1-14(2)18(30-15(3)25)23(19(27)29-10)16(32-33(11,12)22(7,8)9)13-17(26)24(23)20(28)31-21(4,5)6/h14,16,18H,13H2,1-12H3/t16-,18-,23-/m0/s1. The van der Waals surface area contributed by atoms with Crippen LogP contribution in [0.4, 0.5) is 4.79 Å². The Balaban J connectivity index is 3.90. The monoisotopic (exact) mass is 487 g/mol. The van der Waals surface area contributed by atoms with Gasteiger partial charge >= 0.3 is 18.0 Å². The van der Waals surface area contributed by atoms with Crippen molar-refractivity contribution in [2.45, 2.75) is 110 Å². The summed E-state index contributed by atoms with van der Waals surface area (Å²) in [7, 11) is -1.40. The van der Waals surface area contributed by atoms with E-state index < -0.39 is 61.5 Å². The van der Waals surface area contributed by atoms with Gasteiger partial charge in [0.1, 0.15) is 11.7 Å². The average Bonchev–Trinajstić information content (AvgIpc) is 2.87. The molecule has 3 atom stereocenters. The van der Waals surface area contributed by atoms with Crippen LogP contribution in [0, 0.1) is 5.92 Å². The molecule has 0 radical (unpaired) electrons. The first-order chi connectivity index (χ1) is 14.7. The Kier molecular flexibility index (Phi) is 8.58. The van der Waals surface area contributed by atoms with Crippen LogP contribution in [0.15, 0.2) is 0 Å². The maximum absolute atomic E-state index is 13.6. The molecule has 1 saturated heterocycles. The number of hydrogen-bond acceptors (Lipinski definition) is 8. The second kappa shape index (κ2) is 9.73. The number of imide groups is 1. The van der Waals surface area contributed by atoms with Gasteiger partial charge in [-0.25, -0.2) is 14.5 Å². The van der Waals surface area contributed by atoms with E-state index >= 15 is 0 Å². The summed E-state index contributed by atoms with van der Waals surface area (Å²) in [5, 5.41) is -0.258. The lowest BCUT2D eigenvalue weighted by atomic mass is 9.81. The molecule has 1 heterocycles. The van der Waals surface area contributed by atoms with Crippen molar-refractivity contribution in [1.82, 2.24) is 4.90 Å². The minimum atomic E-state index is -2.56. The molecule has 0 spiro atoms. The summed E-state index contributed by atoms with van der Waals surface area (Å²) in [5.41, 5.74) is -2.98. The smallest absolute Gasteiger partial charge is 0.418 e. The highest BCUT2D eigenvalue weighted by molar-refractivity contribution is 6.74. The van der Waals surface area contributed by atoms with Crippen molar-refractivity contribution in [3.63, 3.8) is 0 Å². The largest absolute Gasteiger partial charge is 0.467 e. The van der Waals surface area contributed by atoms with E-state index in [0.717, 1.165) is 12.0 Å². The molecule has 0 unspecified atom stereocenters. The van der Waals surface area contributed by atoms with Crippen molar-refractivity contribution in [2.24, 2.45) is 5.92 Å². The lowest BCUT2D eigenvalue weighted by Gasteiger charge is -2.47. The summed E-state index contributed by atoms with van der Waals surface area (Å²) in [5.74, 6) is -2.68. The Morgan fingerprint density at radius 3 is 1.97 bits per heavy atom. The maximum atomic E-state index is 13.6. The van der Waals surface area contributed by atoms with Crippen LogP contribution in [0.5, 0.6) is 0 Å². The van der Waals surface area contributed by atoms with Gasteiger partial charge in [-0.1, -0.05) is 34.6 Å². The molecule has 190 valence electrons. The summed E-state index contributed by atoms with van der Waals surface area (Å²) in [6.07, 6.45) is -3.57. The van der Waals surface area contributed by atoms with Gasteiger partial charge in [-0.2, -0.15) is 0 Å². The minimum Gasteiger partial charge on any atom is -0.467 e. The van der Waals surface area contributed by atoms with Crippen LogP contribution in [0.3, 0.4) is 0 Å². The summed E-state index contributed by atoms with van der Waals surface area (Å²) in [6.45, 7) is 19.7. The molecule has 0 N–H and O–H groups in total. The second-order valence-corrected chi connectivity index (χ2v) is 16.1. The van der Waals surface area contributed by atoms with Crippen LogP contribution in [0.2, 0.25) is 18.1 Å².